The Bertz CT molecular complexity index is 950. The highest BCUT2D eigenvalue weighted by molar-refractivity contribution is 9.42. The van der Waals surface area contributed by atoms with Gasteiger partial charge in [-0.25, -0.2) is 12.6 Å². The number of hydrogen-bond acceptors (Lipinski definition) is 3. The molecule has 0 saturated heterocycles. The maximum atomic E-state index is 11.5. The number of halogens is 23. The standard InChI is InChI=1S/C11HBr23O3S/c12-1(13,2(14,15)4(18,19)6(22,23)8(26,27)10(30,31)32)3(16,17)5(20,21)7(24,25)9(28,29)11(33,34)37-38(35)36/h38H. The van der Waals surface area contributed by atoms with Gasteiger partial charge in [0.2, 0.25) is 3.42 Å². The summed E-state index contributed by atoms with van der Waals surface area (Å²) in [6, 6.07) is 0. The Hall–Kier alpha value is 11.0. The lowest BCUT2D eigenvalue weighted by Gasteiger charge is -2.60. The minimum Gasteiger partial charge on any atom is -0.239 e. The van der Waals surface area contributed by atoms with E-state index in [4.69, 9.17) is 4.18 Å². The van der Waals surface area contributed by atoms with Gasteiger partial charge in [-0.2, -0.15) is 0 Å². The van der Waals surface area contributed by atoms with Crippen LogP contribution < -0.4 is 0 Å². The fourth-order valence-electron chi connectivity index (χ4n) is 1.89. The molecule has 0 N–H and O–H groups in total. The molecule has 38 heavy (non-hydrogen) atoms. The van der Waals surface area contributed by atoms with Crippen LogP contribution in [0.4, 0.5) is 0 Å². The molecule has 0 aliphatic heterocycles. The number of thiol groups is 1. The fourth-order valence-corrected chi connectivity index (χ4v) is 24.4. The topological polar surface area (TPSA) is 43.4 Å². The zero-order valence-electron chi connectivity index (χ0n) is 15.9. The van der Waals surface area contributed by atoms with Crippen molar-refractivity contribution in [3.8, 4) is 0 Å². The van der Waals surface area contributed by atoms with Crippen LogP contribution in [0.25, 0.3) is 0 Å². The van der Waals surface area contributed by atoms with E-state index in [1.807, 2.05) is 0 Å². The molecule has 0 aliphatic rings. The van der Waals surface area contributed by atoms with E-state index in [-0.39, 0.29) is 0 Å². The van der Waals surface area contributed by atoms with Gasteiger partial charge in [0, 0.05) is 0 Å². The second-order valence-electron chi connectivity index (χ2n) is 6.50. The van der Waals surface area contributed by atoms with E-state index >= 15 is 0 Å². The Labute approximate surface area is 414 Å². The smallest absolute Gasteiger partial charge is 0.239 e. The third kappa shape index (κ3) is 8.83. The molecule has 0 atom stereocenters. The summed E-state index contributed by atoms with van der Waals surface area (Å²) in [6.45, 7) is 0. The molecule has 0 bridgehead atoms. The quantitative estimate of drug-likeness (QED) is 0.166. The third-order valence-electron chi connectivity index (χ3n) is 4.07. The lowest BCUT2D eigenvalue weighted by Crippen LogP contribution is -2.71. The molecule has 0 unspecified atom stereocenters. The Morgan fingerprint density at radius 2 is 0.500 bits per heavy atom. The van der Waals surface area contributed by atoms with Crippen LogP contribution in [-0.4, -0.2) is 43.1 Å². The van der Waals surface area contributed by atoms with E-state index in [0.717, 1.165) is 0 Å². The molecule has 0 heterocycles. The lowest BCUT2D eigenvalue weighted by molar-refractivity contribution is 0.270. The van der Waals surface area contributed by atoms with Crippen LogP contribution >= 0.6 is 366 Å². The number of rotatable bonds is 11. The third-order valence-corrected chi connectivity index (χ3v) is 52.0. The molecule has 27 heteroatoms. The average Bonchev–Trinajstić information content (AvgIpc) is 2.64. The Balaban J connectivity index is 7.22. The largest absolute Gasteiger partial charge is 0.259 e. The SMILES string of the molecule is O=[SH](=O)OC(Br)(Br)C(Br)(Br)C(Br)(Br)C(Br)(Br)C(Br)(Br)C(Br)(Br)C(Br)(Br)C(Br)(Br)C(Br)(Br)C(Br)(Br)C(Br)(Br)Br. The predicted octanol–water partition coefficient (Wildman–Crippen LogP) is 16.2. The van der Waals surface area contributed by atoms with Gasteiger partial charge in [0.1, 0.15) is 25.9 Å². The van der Waals surface area contributed by atoms with E-state index in [9.17, 15) is 8.42 Å². The second-order valence-corrected chi connectivity index (χ2v) is 48.2. The summed E-state index contributed by atoms with van der Waals surface area (Å²) >= 11 is 84.8. The minimum atomic E-state index is -3.28. The molecular weight excluding hydrogens is 2050 g/mol. The monoisotopic (exact) mass is 2030 g/mol. The molecule has 0 aliphatic carbocycles. The maximum Gasteiger partial charge on any atom is 0.259 e. The zero-order chi connectivity index (χ0) is 31.8. The van der Waals surface area contributed by atoms with E-state index in [1.165, 1.54) is 0 Å². The van der Waals surface area contributed by atoms with Gasteiger partial charge in [0.25, 0.3) is 11.0 Å². The first kappa shape index (κ1) is 49.0. The molecule has 0 aromatic rings. The molecule has 3 nitrogen and oxygen atoms in total. The summed E-state index contributed by atoms with van der Waals surface area (Å²) in [6.07, 6.45) is 0. The van der Waals surface area contributed by atoms with Crippen molar-refractivity contribution in [3.05, 3.63) is 0 Å². The summed E-state index contributed by atoms with van der Waals surface area (Å²) < 4.78 is 14.0. The molecule has 0 saturated carbocycles. The van der Waals surface area contributed by atoms with Crippen LogP contribution in [0.2, 0.25) is 0 Å². The van der Waals surface area contributed by atoms with Crippen LogP contribution in [0.5, 0.6) is 0 Å². The predicted molar refractivity (Wildman–Crippen MR) is 247 cm³/mol. The molecule has 0 aromatic carbocycles. The van der Waals surface area contributed by atoms with Crippen molar-refractivity contribution in [2.45, 2.75) is 34.7 Å². The summed E-state index contributed by atoms with van der Waals surface area (Å²) in [4.78, 5) is 0. The van der Waals surface area contributed by atoms with Crippen molar-refractivity contribution in [2.24, 2.45) is 0 Å². The van der Waals surface area contributed by atoms with Crippen molar-refractivity contribution >= 4 is 377 Å². The Morgan fingerprint density at radius 1 is 0.316 bits per heavy atom. The van der Waals surface area contributed by atoms with Crippen LogP contribution in [0.3, 0.4) is 0 Å². The van der Waals surface area contributed by atoms with Crippen molar-refractivity contribution in [2.75, 3.05) is 0 Å². The summed E-state index contributed by atoms with van der Waals surface area (Å²) in [5.41, 5.74) is 0. The first-order chi connectivity index (χ1) is 15.9. The van der Waals surface area contributed by atoms with E-state index in [2.05, 4.69) is 366 Å². The second kappa shape index (κ2) is 16.1. The van der Waals surface area contributed by atoms with Crippen molar-refractivity contribution < 1.29 is 12.6 Å². The molecule has 0 radical (unpaired) electrons. The maximum absolute atomic E-state index is 11.5. The highest BCUT2D eigenvalue weighted by Crippen LogP contribution is 2.80. The van der Waals surface area contributed by atoms with Crippen molar-refractivity contribution in [3.63, 3.8) is 0 Å². The van der Waals surface area contributed by atoms with Crippen molar-refractivity contribution in [1.82, 2.24) is 0 Å². The number of alkyl halides is 23. The van der Waals surface area contributed by atoms with Gasteiger partial charge < -0.3 is 0 Å². The summed E-state index contributed by atoms with van der Waals surface area (Å²) in [7, 11) is -3.28. The molecule has 0 fully saturated rings. The van der Waals surface area contributed by atoms with Crippen LogP contribution in [0, 0.1) is 0 Å². The van der Waals surface area contributed by atoms with Crippen molar-refractivity contribution in [1.29, 1.82) is 0 Å². The number of hydrogen-bond donors (Lipinski definition) is 1. The first-order valence-corrected chi connectivity index (χ1v) is 26.9. The zero-order valence-corrected chi connectivity index (χ0v) is 53.2. The highest BCUT2D eigenvalue weighted by Gasteiger charge is 2.81. The Morgan fingerprint density at radius 3 is 0.684 bits per heavy atom. The van der Waals surface area contributed by atoms with Gasteiger partial charge in [-0.15, -0.1) is 0 Å². The summed E-state index contributed by atoms with van der Waals surface area (Å²) in [5, 5.41) is 0. The van der Waals surface area contributed by atoms with Gasteiger partial charge in [-0.05, 0) is 31.9 Å². The first-order valence-electron chi connectivity index (χ1n) is 7.60. The lowest BCUT2D eigenvalue weighted by atomic mass is 10.0. The summed E-state index contributed by atoms with van der Waals surface area (Å²) in [5.74, 6) is 0. The van der Waals surface area contributed by atoms with Crippen LogP contribution in [0.15, 0.2) is 0 Å². The molecule has 0 spiro atoms. The highest BCUT2D eigenvalue weighted by atomic mass is 80.0. The normalized spacial score (nSPS) is 16.8. The molecule has 230 valence electrons. The molecule has 0 aromatic heterocycles. The minimum absolute atomic E-state index is 0.893. The van der Waals surface area contributed by atoms with Crippen LogP contribution in [0.1, 0.15) is 0 Å². The van der Waals surface area contributed by atoms with E-state index < -0.39 is 45.6 Å². The average molecular weight is 2050 g/mol. The van der Waals surface area contributed by atoms with E-state index in [1.54, 1.807) is 0 Å². The molecule has 0 rings (SSSR count). The molecule has 0 amide bonds. The van der Waals surface area contributed by atoms with Gasteiger partial charge in [0.15, 0.2) is 5.38 Å². The van der Waals surface area contributed by atoms with E-state index in [0.29, 0.717) is 0 Å². The van der Waals surface area contributed by atoms with Gasteiger partial charge in [0.05, 0.1) is 0 Å². The van der Waals surface area contributed by atoms with Crippen LogP contribution in [-0.2, 0) is 15.2 Å². The molecular formula is C11HBr23O3S. The van der Waals surface area contributed by atoms with Gasteiger partial charge in [-0.1, -0.05) is 335 Å². The fraction of sp³-hybridized carbons (Fsp3) is 1.00. The van der Waals surface area contributed by atoms with Gasteiger partial charge >= 0.3 is 0 Å². The van der Waals surface area contributed by atoms with Gasteiger partial charge in [-0.3, -0.25) is 0 Å². The Kier molecular flexibility index (Phi) is 20.8.